The summed E-state index contributed by atoms with van der Waals surface area (Å²) in [5, 5.41) is 13.5. The zero-order valence-electron chi connectivity index (χ0n) is 13.3. The minimum atomic E-state index is -1.22. The highest BCUT2D eigenvalue weighted by molar-refractivity contribution is 5.85. The topological polar surface area (TPSA) is 98.3 Å². The number of anilines is 1. The summed E-state index contributed by atoms with van der Waals surface area (Å²) in [7, 11) is 0. The van der Waals surface area contributed by atoms with Crippen molar-refractivity contribution < 1.29 is 9.90 Å². The van der Waals surface area contributed by atoms with E-state index in [-0.39, 0.29) is 17.5 Å². The summed E-state index contributed by atoms with van der Waals surface area (Å²) in [4.78, 5) is 33.0. The summed E-state index contributed by atoms with van der Waals surface area (Å²) in [6, 6.07) is -0.0661. The maximum atomic E-state index is 12.4. The molecule has 1 aliphatic carbocycles. The smallest absolute Gasteiger partial charge is 0.290 e. The van der Waals surface area contributed by atoms with Crippen molar-refractivity contribution in [3.05, 3.63) is 22.7 Å². The van der Waals surface area contributed by atoms with Crippen molar-refractivity contribution >= 4 is 11.7 Å². The van der Waals surface area contributed by atoms with E-state index in [4.69, 9.17) is 0 Å². The number of piperidine rings is 1. The number of carbonyl (C=O) groups is 1. The van der Waals surface area contributed by atoms with Gasteiger partial charge in [0.25, 0.3) is 11.5 Å². The first-order chi connectivity index (χ1) is 11.1. The number of aromatic nitrogens is 2. The third-order valence-corrected chi connectivity index (χ3v) is 4.85. The first-order valence-electron chi connectivity index (χ1n) is 8.40. The molecule has 1 aromatic heterocycles. The number of nitrogens with one attached hydrogen (secondary N) is 2. The molecule has 2 aliphatic rings. The van der Waals surface area contributed by atoms with Gasteiger partial charge in [0, 0.05) is 31.5 Å². The highest BCUT2D eigenvalue weighted by Gasteiger charge is 2.38. The number of rotatable bonds is 3. The molecule has 2 heterocycles. The number of H-pyrrole nitrogens is 1. The summed E-state index contributed by atoms with van der Waals surface area (Å²) in [5.74, 6) is 0.127. The summed E-state index contributed by atoms with van der Waals surface area (Å²) >= 11 is 0. The third-order valence-electron chi connectivity index (χ3n) is 4.85. The number of aliphatic hydroxyl groups is 1. The lowest BCUT2D eigenvalue weighted by Crippen LogP contribution is -2.55. The van der Waals surface area contributed by atoms with Crippen LogP contribution in [-0.4, -0.2) is 45.7 Å². The average molecular weight is 320 g/mol. The molecular weight excluding hydrogens is 296 g/mol. The normalized spacial score (nSPS) is 24.2. The van der Waals surface area contributed by atoms with Gasteiger partial charge in [0.15, 0.2) is 5.82 Å². The number of carbonyl (C=O) groups excluding carboxylic acids is 1. The molecule has 0 spiro atoms. The highest BCUT2D eigenvalue weighted by Crippen LogP contribution is 2.28. The Morgan fingerprint density at radius 2 is 2.13 bits per heavy atom. The summed E-state index contributed by atoms with van der Waals surface area (Å²) in [6.07, 6.45) is 8.73. The van der Waals surface area contributed by atoms with Crippen molar-refractivity contribution in [2.24, 2.45) is 0 Å². The molecule has 3 rings (SSSR count). The maximum absolute atomic E-state index is 12.4. The Hall–Kier alpha value is -1.89. The van der Waals surface area contributed by atoms with Gasteiger partial charge in [-0.15, -0.1) is 0 Å². The van der Waals surface area contributed by atoms with Gasteiger partial charge in [-0.25, -0.2) is 4.98 Å². The molecule has 7 nitrogen and oxygen atoms in total. The fourth-order valence-corrected chi connectivity index (χ4v) is 3.54. The van der Waals surface area contributed by atoms with Crippen LogP contribution in [0.25, 0.3) is 0 Å². The Bertz CT molecular complexity index is 609. The van der Waals surface area contributed by atoms with Crippen LogP contribution in [0.5, 0.6) is 0 Å². The van der Waals surface area contributed by atoms with Crippen LogP contribution in [0, 0.1) is 0 Å². The van der Waals surface area contributed by atoms with Crippen molar-refractivity contribution in [3.8, 4) is 0 Å². The largest absolute Gasteiger partial charge is 0.380 e. The lowest BCUT2D eigenvalue weighted by molar-refractivity contribution is -0.143. The van der Waals surface area contributed by atoms with Crippen molar-refractivity contribution in [2.45, 2.75) is 56.6 Å². The van der Waals surface area contributed by atoms with Crippen molar-refractivity contribution in [2.75, 3.05) is 18.0 Å². The molecule has 1 saturated carbocycles. The summed E-state index contributed by atoms with van der Waals surface area (Å²) in [6.45, 7) is 1.29. The van der Waals surface area contributed by atoms with E-state index < -0.39 is 5.60 Å². The maximum Gasteiger partial charge on any atom is 0.290 e. The molecule has 1 amide bonds. The van der Waals surface area contributed by atoms with Crippen LogP contribution in [-0.2, 0) is 4.79 Å². The van der Waals surface area contributed by atoms with Gasteiger partial charge in [-0.3, -0.25) is 9.59 Å². The fourth-order valence-electron chi connectivity index (χ4n) is 3.54. The minimum Gasteiger partial charge on any atom is -0.380 e. The quantitative estimate of drug-likeness (QED) is 0.755. The molecule has 1 unspecified atom stereocenters. The molecule has 2 fully saturated rings. The number of nitrogens with zero attached hydrogens (tertiary/aromatic N) is 2. The molecule has 0 aromatic carbocycles. The molecule has 1 aliphatic heterocycles. The van der Waals surface area contributed by atoms with Crippen LogP contribution in [0.3, 0.4) is 0 Å². The predicted octanol–water partition coefficient (Wildman–Crippen LogP) is 0.550. The minimum absolute atomic E-state index is 0.0661. The second kappa shape index (κ2) is 6.70. The number of aromatic amines is 1. The van der Waals surface area contributed by atoms with E-state index in [0.29, 0.717) is 25.2 Å². The SMILES string of the molecule is O=C(NC1CCCN(c2ncc[nH]c2=O)C1)C1(O)CCCCC1. The van der Waals surface area contributed by atoms with E-state index in [0.717, 1.165) is 38.6 Å². The second-order valence-corrected chi connectivity index (χ2v) is 6.59. The molecule has 23 heavy (non-hydrogen) atoms. The fraction of sp³-hybridized carbons (Fsp3) is 0.688. The Labute approximate surface area is 135 Å². The van der Waals surface area contributed by atoms with E-state index in [1.54, 1.807) is 6.20 Å². The molecule has 1 atom stereocenters. The molecule has 7 heteroatoms. The van der Waals surface area contributed by atoms with Crippen LogP contribution < -0.4 is 15.8 Å². The molecule has 126 valence electrons. The standard InChI is InChI=1S/C16H24N4O3/c21-14-13(17-8-9-18-14)20-10-4-5-12(11-20)19-15(22)16(23)6-2-1-3-7-16/h8-9,12,23H,1-7,10-11H2,(H,18,21)(H,19,22). The van der Waals surface area contributed by atoms with Crippen LogP contribution in [0.4, 0.5) is 5.82 Å². The molecule has 3 N–H and O–H groups in total. The first kappa shape index (κ1) is 16.0. The predicted molar refractivity (Wildman–Crippen MR) is 86.3 cm³/mol. The Kier molecular flexibility index (Phi) is 4.66. The lowest BCUT2D eigenvalue weighted by Gasteiger charge is -2.36. The van der Waals surface area contributed by atoms with Crippen LogP contribution in [0.1, 0.15) is 44.9 Å². The van der Waals surface area contributed by atoms with Gasteiger partial charge in [-0.1, -0.05) is 19.3 Å². The lowest BCUT2D eigenvalue weighted by atomic mass is 9.84. The molecular formula is C16H24N4O3. The Morgan fingerprint density at radius 1 is 1.35 bits per heavy atom. The van der Waals surface area contributed by atoms with Gasteiger partial charge in [0.2, 0.25) is 0 Å². The van der Waals surface area contributed by atoms with E-state index in [1.165, 1.54) is 6.20 Å². The van der Waals surface area contributed by atoms with E-state index in [9.17, 15) is 14.7 Å². The monoisotopic (exact) mass is 320 g/mol. The van der Waals surface area contributed by atoms with Crippen LogP contribution in [0.15, 0.2) is 17.2 Å². The molecule has 0 radical (unpaired) electrons. The summed E-state index contributed by atoms with van der Waals surface area (Å²) in [5.41, 5.74) is -1.44. The molecule has 1 aromatic rings. The van der Waals surface area contributed by atoms with Crippen LogP contribution >= 0.6 is 0 Å². The van der Waals surface area contributed by atoms with Gasteiger partial charge in [-0.2, -0.15) is 0 Å². The zero-order chi connectivity index (χ0) is 16.3. The number of hydrogen-bond acceptors (Lipinski definition) is 5. The van der Waals surface area contributed by atoms with Gasteiger partial charge in [0.05, 0.1) is 0 Å². The van der Waals surface area contributed by atoms with Gasteiger partial charge >= 0.3 is 0 Å². The molecule has 1 saturated heterocycles. The van der Waals surface area contributed by atoms with Crippen molar-refractivity contribution in [1.29, 1.82) is 0 Å². The number of hydrogen-bond donors (Lipinski definition) is 3. The first-order valence-corrected chi connectivity index (χ1v) is 8.40. The van der Waals surface area contributed by atoms with Crippen LogP contribution in [0.2, 0.25) is 0 Å². The second-order valence-electron chi connectivity index (χ2n) is 6.59. The third kappa shape index (κ3) is 3.55. The van der Waals surface area contributed by atoms with E-state index in [1.807, 2.05) is 4.90 Å². The van der Waals surface area contributed by atoms with E-state index in [2.05, 4.69) is 15.3 Å². The van der Waals surface area contributed by atoms with Crippen molar-refractivity contribution in [1.82, 2.24) is 15.3 Å². The summed E-state index contributed by atoms with van der Waals surface area (Å²) < 4.78 is 0. The number of amides is 1. The zero-order valence-corrected chi connectivity index (χ0v) is 13.3. The van der Waals surface area contributed by atoms with Gasteiger partial charge < -0.3 is 20.3 Å². The van der Waals surface area contributed by atoms with Crippen molar-refractivity contribution in [3.63, 3.8) is 0 Å². The Morgan fingerprint density at radius 3 is 2.87 bits per heavy atom. The van der Waals surface area contributed by atoms with Gasteiger partial charge in [0.1, 0.15) is 5.60 Å². The highest BCUT2D eigenvalue weighted by atomic mass is 16.3. The van der Waals surface area contributed by atoms with Gasteiger partial charge in [-0.05, 0) is 25.7 Å². The Balaban J connectivity index is 1.64. The molecule has 0 bridgehead atoms. The van der Waals surface area contributed by atoms with E-state index >= 15 is 0 Å². The average Bonchev–Trinajstić information content (AvgIpc) is 2.56.